The Labute approximate surface area is 224 Å². The number of piperazine rings is 1. The Bertz CT molecular complexity index is 1290. The molecule has 1 N–H and O–H groups in total. The lowest BCUT2D eigenvalue weighted by Crippen LogP contribution is -2.54. The van der Waals surface area contributed by atoms with Crippen LogP contribution in [0, 0.1) is 5.82 Å². The molecule has 0 saturated carbocycles. The molecule has 0 radical (unpaired) electrons. The number of nitrogens with zero attached hydrogens (tertiary/aromatic N) is 3. The summed E-state index contributed by atoms with van der Waals surface area (Å²) in [5, 5.41) is 4.69. The lowest BCUT2D eigenvalue weighted by atomic mass is 9.99. The number of hydrogen-bond acceptors (Lipinski definition) is 6. The van der Waals surface area contributed by atoms with Crippen molar-refractivity contribution in [3.8, 4) is 0 Å². The van der Waals surface area contributed by atoms with E-state index in [1.54, 1.807) is 47.4 Å². The van der Waals surface area contributed by atoms with E-state index >= 15 is 0 Å². The van der Waals surface area contributed by atoms with Crippen LogP contribution < -0.4 is 5.32 Å². The molecular weight excluding hydrogens is 507 g/mol. The van der Waals surface area contributed by atoms with Gasteiger partial charge in [0.15, 0.2) is 12.1 Å². The zero-order valence-electron chi connectivity index (χ0n) is 21.0. The Morgan fingerprint density at radius 2 is 1.82 bits per heavy atom. The average molecular weight is 537 g/mol. The predicted octanol–water partition coefficient (Wildman–Crippen LogP) is 4.37. The molecule has 2 fully saturated rings. The van der Waals surface area contributed by atoms with Crippen LogP contribution in [0.1, 0.15) is 33.8 Å². The summed E-state index contributed by atoms with van der Waals surface area (Å²) in [6.07, 6.45) is -1.46. The van der Waals surface area contributed by atoms with Gasteiger partial charge in [-0.2, -0.15) is 0 Å². The molecule has 0 aliphatic carbocycles. The van der Waals surface area contributed by atoms with Crippen LogP contribution in [-0.2, 0) is 16.1 Å². The fourth-order valence-electron chi connectivity index (χ4n) is 4.85. The number of amides is 3. The van der Waals surface area contributed by atoms with Gasteiger partial charge in [-0.3, -0.25) is 14.5 Å². The standard InChI is InChI=1S/C28H29FN4O4S/c1-2-31-12-14-32(15-13-31)27(35)24-25(37-28(36)33(24)18-19-5-3-6-21(29)17-19)20-8-10-22(11-9-20)30-26(34)23-7-4-16-38-23/h3-11,16-17,24-25H,2,12-15,18H2,1H3,(H,30,34)/t24-,25+/m0/s1. The number of ether oxygens (including phenoxy) is 1. The summed E-state index contributed by atoms with van der Waals surface area (Å²) in [7, 11) is 0. The molecule has 0 spiro atoms. The average Bonchev–Trinajstić information content (AvgIpc) is 3.58. The van der Waals surface area contributed by atoms with Crippen molar-refractivity contribution in [3.63, 3.8) is 0 Å². The SMILES string of the molecule is CCN1CCN(C(=O)[C@@H]2[C@@H](c3ccc(NC(=O)c4cccs4)cc3)OC(=O)N2Cc2cccc(F)c2)CC1. The minimum atomic E-state index is -0.898. The van der Waals surface area contributed by atoms with Gasteiger partial charge >= 0.3 is 6.09 Å². The topological polar surface area (TPSA) is 82.2 Å². The maximum atomic E-state index is 13.9. The summed E-state index contributed by atoms with van der Waals surface area (Å²) < 4.78 is 19.6. The summed E-state index contributed by atoms with van der Waals surface area (Å²) in [5.74, 6) is -0.811. The van der Waals surface area contributed by atoms with Crippen molar-refractivity contribution in [1.29, 1.82) is 0 Å². The Kier molecular flexibility index (Phi) is 7.71. The Morgan fingerprint density at radius 1 is 1.05 bits per heavy atom. The van der Waals surface area contributed by atoms with Gasteiger partial charge in [0.2, 0.25) is 5.91 Å². The molecule has 5 rings (SSSR count). The third kappa shape index (κ3) is 5.56. The van der Waals surface area contributed by atoms with Crippen molar-refractivity contribution >= 4 is 34.9 Å². The highest BCUT2D eigenvalue weighted by Crippen LogP contribution is 2.35. The fraction of sp³-hybridized carbons (Fsp3) is 0.321. The molecule has 3 heterocycles. The molecule has 2 atom stereocenters. The minimum absolute atomic E-state index is 0.0490. The number of carbonyl (C=O) groups excluding carboxylic acids is 3. The maximum absolute atomic E-state index is 13.9. The van der Waals surface area contributed by atoms with E-state index in [4.69, 9.17) is 4.74 Å². The van der Waals surface area contributed by atoms with Crippen LogP contribution in [0.2, 0.25) is 0 Å². The fourth-order valence-corrected chi connectivity index (χ4v) is 5.47. The molecule has 2 aliphatic rings. The number of cyclic esters (lactones) is 1. The van der Waals surface area contributed by atoms with Crippen molar-refractivity contribution in [2.75, 3.05) is 38.0 Å². The Balaban J connectivity index is 1.39. The molecule has 2 aliphatic heterocycles. The first-order chi connectivity index (χ1) is 18.4. The number of halogens is 1. The van der Waals surface area contributed by atoms with Gasteiger partial charge in [0.05, 0.1) is 11.4 Å². The first kappa shape index (κ1) is 25.9. The highest BCUT2D eigenvalue weighted by Gasteiger charge is 2.48. The molecule has 0 bridgehead atoms. The predicted molar refractivity (Wildman–Crippen MR) is 142 cm³/mol. The van der Waals surface area contributed by atoms with Crippen molar-refractivity contribution in [2.45, 2.75) is 25.6 Å². The van der Waals surface area contributed by atoms with E-state index in [1.165, 1.54) is 28.4 Å². The van der Waals surface area contributed by atoms with Crippen LogP contribution in [0.3, 0.4) is 0 Å². The van der Waals surface area contributed by atoms with E-state index in [9.17, 15) is 18.8 Å². The lowest BCUT2D eigenvalue weighted by molar-refractivity contribution is -0.138. The number of nitrogens with one attached hydrogen (secondary N) is 1. The van der Waals surface area contributed by atoms with Crippen LogP contribution in [-0.4, -0.2) is 71.4 Å². The molecule has 10 heteroatoms. The quantitative estimate of drug-likeness (QED) is 0.485. The van der Waals surface area contributed by atoms with E-state index < -0.39 is 24.1 Å². The normalized spacial score (nSPS) is 19.9. The van der Waals surface area contributed by atoms with Crippen molar-refractivity contribution in [2.24, 2.45) is 0 Å². The van der Waals surface area contributed by atoms with Crippen LogP contribution in [0.5, 0.6) is 0 Å². The second kappa shape index (κ2) is 11.3. The van der Waals surface area contributed by atoms with E-state index in [0.29, 0.717) is 34.8 Å². The molecule has 198 valence electrons. The molecule has 8 nitrogen and oxygen atoms in total. The van der Waals surface area contributed by atoms with E-state index in [-0.39, 0.29) is 18.4 Å². The first-order valence-electron chi connectivity index (χ1n) is 12.6. The van der Waals surface area contributed by atoms with E-state index in [1.807, 2.05) is 11.4 Å². The number of benzene rings is 2. The number of hydrogen-bond donors (Lipinski definition) is 1. The Hall–Kier alpha value is -3.76. The highest BCUT2D eigenvalue weighted by atomic mass is 32.1. The van der Waals surface area contributed by atoms with Crippen molar-refractivity contribution < 1.29 is 23.5 Å². The van der Waals surface area contributed by atoms with Gasteiger partial charge in [0.25, 0.3) is 5.91 Å². The number of rotatable bonds is 7. The van der Waals surface area contributed by atoms with Crippen LogP contribution in [0.15, 0.2) is 66.0 Å². The lowest BCUT2D eigenvalue weighted by Gasteiger charge is -2.37. The molecule has 1 aromatic heterocycles. The van der Waals surface area contributed by atoms with Crippen molar-refractivity contribution in [1.82, 2.24) is 14.7 Å². The number of likely N-dealkylation sites (N-methyl/N-ethyl adjacent to an activating group) is 1. The monoisotopic (exact) mass is 536 g/mol. The van der Waals surface area contributed by atoms with Crippen molar-refractivity contribution in [3.05, 3.63) is 87.9 Å². The highest BCUT2D eigenvalue weighted by molar-refractivity contribution is 7.12. The number of anilines is 1. The van der Waals surface area contributed by atoms with Gasteiger partial charge in [0.1, 0.15) is 5.82 Å². The van der Waals surface area contributed by atoms with Gasteiger partial charge in [-0.25, -0.2) is 9.18 Å². The van der Waals surface area contributed by atoms with E-state index in [0.717, 1.165) is 19.6 Å². The second-order valence-corrected chi connectivity index (χ2v) is 10.3. The summed E-state index contributed by atoms with van der Waals surface area (Å²) in [4.78, 5) is 45.3. The minimum Gasteiger partial charge on any atom is -0.438 e. The second-order valence-electron chi connectivity index (χ2n) is 9.32. The van der Waals surface area contributed by atoms with Gasteiger partial charge in [-0.1, -0.05) is 37.3 Å². The van der Waals surface area contributed by atoms with Gasteiger partial charge in [0, 0.05) is 31.9 Å². The molecule has 38 heavy (non-hydrogen) atoms. The van der Waals surface area contributed by atoms with Crippen LogP contribution in [0.4, 0.5) is 14.9 Å². The molecule has 2 aromatic carbocycles. The molecule has 2 saturated heterocycles. The molecule has 0 unspecified atom stereocenters. The zero-order valence-corrected chi connectivity index (χ0v) is 21.8. The summed E-state index contributed by atoms with van der Waals surface area (Å²) in [6, 6.07) is 15.6. The van der Waals surface area contributed by atoms with Crippen LogP contribution >= 0.6 is 11.3 Å². The third-order valence-corrected chi connectivity index (χ3v) is 7.82. The smallest absolute Gasteiger partial charge is 0.411 e. The molecule has 3 aromatic rings. The number of carbonyl (C=O) groups is 3. The summed E-state index contributed by atoms with van der Waals surface area (Å²) in [6.45, 7) is 5.69. The molecular formula is C28H29FN4O4S. The largest absolute Gasteiger partial charge is 0.438 e. The summed E-state index contributed by atoms with van der Waals surface area (Å²) >= 11 is 1.35. The molecule has 3 amide bonds. The summed E-state index contributed by atoms with van der Waals surface area (Å²) in [5.41, 5.74) is 1.80. The zero-order chi connectivity index (χ0) is 26.6. The van der Waals surface area contributed by atoms with E-state index in [2.05, 4.69) is 17.1 Å². The van der Waals surface area contributed by atoms with Gasteiger partial charge in [-0.15, -0.1) is 11.3 Å². The van der Waals surface area contributed by atoms with Gasteiger partial charge in [-0.05, 0) is 53.4 Å². The first-order valence-corrected chi connectivity index (χ1v) is 13.5. The van der Waals surface area contributed by atoms with Gasteiger partial charge < -0.3 is 19.9 Å². The van der Waals surface area contributed by atoms with Crippen LogP contribution in [0.25, 0.3) is 0 Å². The number of thiophene rings is 1. The maximum Gasteiger partial charge on any atom is 0.411 e. The Morgan fingerprint density at radius 3 is 2.47 bits per heavy atom. The third-order valence-electron chi connectivity index (χ3n) is 6.95.